The molecule has 124 valence electrons. The second kappa shape index (κ2) is 5.81. The summed E-state index contributed by atoms with van der Waals surface area (Å²) in [5, 5.41) is 0. The van der Waals surface area contributed by atoms with Crippen molar-refractivity contribution < 1.29 is 0 Å². The minimum atomic E-state index is 0.0888. The second-order valence-electron chi connectivity index (χ2n) is 7.18. The fourth-order valence-electron chi connectivity index (χ4n) is 2.96. The maximum Gasteiger partial charge on any atom is 0.168 e. The molecule has 0 saturated heterocycles. The van der Waals surface area contributed by atoms with E-state index < -0.39 is 0 Å². The van der Waals surface area contributed by atoms with E-state index in [9.17, 15) is 0 Å². The molecule has 0 N–H and O–H groups in total. The average Bonchev–Trinajstić information content (AvgIpc) is 3.06. The van der Waals surface area contributed by atoms with Crippen LogP contribution in [0.3, 0.4) is 0 Å². The number of fused-ring (bicyclic) bond motifs is 1. The Morgan fingerprint density at radius 1 is 0.840 bits per heavy atom. The number of rotatable bonds is 2. The first kappa shape index (κ1) is 15.5. The summed E-state index contributed by atoms with van der Waals surface area (Å²) in [6, 6.07) is 18.6. The maximum atomic E-state index is 4.60. The lowest BCUT2D eigenvalue weighted by Gasteiger charge is -2.19. The first-order valence-corrected chi connectivity index (χ1v) is 8.38. The summed E-state index contributed by atoms with van der Waals surface area (Å²) in [6.07, 6.45) is 3.42. The largest absolute Gasteiger partial charge is 0.283 e. The number of hydrogen-bond acceptors (Lipinski definition) is 3. The molecule has 0 aliphatic carbocycles. The predicted molar refractivity (Wildman–Crippen MR) is 101 cm³/mol. The minimum absolute atomic E-state index is 0.0888. The van der Waals surface area contributed by atoms with E-state index in [1.165, 1.54) is 5.56 Å². The average molecular weight is 328 g/mol. The molecule has 2 aromatic heterocycles. The zero-order chi connectivity index (χ0) is 17.4. The van der Waals surface area contributed by atoms with Gasteiger partial charge in [0, 0.05) is 11.3 Å². The molecular formula is C21H20N4. The van der Waals surface area contributed by atoms with E-state index >= 15 is 0 Å². The van der Waals surface area contributed by atoms with Gasteiger partial charge >= 0.3 is 0 Å². The molecule has 4 nitrogen and oxygen atoms in total. The Morgan fingerprint density at radius 2 is 1.64 bits per heavy atom. The van der Waals surface area contributed by atoms with Crippen molar-refractivity contribution in [3.63, 3.8) is 0 Å². The van der Waals surface area contributed by atoms with E-state index in [1.54, 1.807) is 6.33 Å². The van der Waals surface area contributed by atoms with Gasteiger partial charge in [0.25, 0.3) is 0 Å². The van der Waals surface area contributed by atoms with Crippen molar-refractivity contribution in [2.24, 2.45) is 0 Å². The van der Waals surface area contributed by atoms with Gasteiger partial charge in [-0.3, -0.25) is 4.57 Å². The zero-order valence-corrected chi connectivity index (χ0v) is 14.6. The van der Waals surface area contributed by atoms with Gasteiger partial charge in [0.1, 0.15) is 23.9 Å². The summed E-state index contributed by atoms with van der Waals surface area (Å²) in [5.41, 5.74) is 5.97. The third kappa shape index (κ3) is 2.80. The zero-order valence-electron chi connectivity index (χ0n) is 14.6. The van der Waals surface area contributed by atoms with Gasteiger partial charge in [0.15, 0.2) is 5.65 Å². The van der Waals surface area contributed by atoms with E-state index in [2.05, 4.69) is 60.0 Å². The predicted octanol–water partition coefficient (Wildman–Crippen LogP) is 4.78. The highest BCUT2D eigenvalue weighted by Crippen LogP contribution is 2.30. The van der Waals surface area contributed by atoms with Crippen LogP contribution in [0.15, 0.2) is 67.3 Å². The van der Waals surface area contributed by atoms with Crippen molar-refractivity contribution in [3.8, 4) is 16.9 Å². The lowest BCUT2D eigenvalue weighted by molar-refractivity contribution is 0.590. The summed E-state index contributed by atoms with van der Waals surface area (Å²) in [4.78, 5) is 13.6. The number of aromatic nitrogens is 4. The highest BCUT2D eigenvalue weighted by Gasteiger charge is 2.17. The number of para-hydroxylation sites is 1. The van der Waals surface area contributed by atoms with Crippen molar-refractivity contribution in [1.82, 2.24) is 19.5 Å². The normalized spacial score (nSPS) is 11.8. The second-order valence-corrected chi connectivity index (χ2v) is 7.18. The maximum absolute atomic E-state index is 4.60. The van der Waals surface area contributed by atoms with E-state index in [1.807, 2.05) is 41.2 Å². The van der Waals surface area contributed by atoms with Crippen LogP contribution in [0.25, 0.3) is 28.1 Å². The smallest absolute Gasteiger partial charge is 0.168 e. The molecule has 4 heteroatoms. The van der Waals surface area contributed by atoms with Gasteiger partial charge in [-0.1, -0.05) is 57.2 Å². The van der Waals surface area contributed by atoms with Crippen molar-refractivity contribution in [1.29, 1.82) is 0 Å². The Bertz CT molecular complexity index is 1030. The molecule has 2 heterocycles. The molecule has 0 unspecified atom stereocenters. The fraction of sp³-hybridized carbons (Fsp3) is 0.190. The third-order valence-electron chi connectivity index (χ3n) is 4.37. The van der Waals surface area contributed by atoms with Crippen molar-refractivity contribution in [2.45, 2.75) is 26.2 Å². The topological polar surface area (TPSA) is 43.6 Å². The summed E-state index contributed by atoms with van der Waals surface area (Å²) >= 11 is 0. The number of imidazole rings is 1. The first-order chi connectivity index (χ1) is 12.0. The Morgan fingerprint density at radius 3 is 2.40 bits per heavy atom. The van der Waals surface area contributed by atoms with Crippen LogP contribution >= 0.6 is 0 Å². The third-order valence-corrected chi connectivity index (χ3v) is 4.37. The van der Waals surface area contributed by atoms with Crippen LogP contribution in [0.4, 0.5) is 0 Å². The highest BCUT2D eigenvalue weighted by atomic mass is 15.1. The van der Waals surface area contributed by atoms with E-state index in [0.717, 1.165) is 28.1 Å². The molecule has 4 rings (SSSR count). The Balaban J connectivity index is 1.89. The standard InChI is InChI=1S/C21H20N4/c1-21(2,3)16-9-7-8-15(12-16)18-19-20(23-13-22-18)25(14-24-19)17-10-5-4-6-11-17/h4-14H,1-3H3. The van der Waals surface area contributed by atoms with Crippen LogP contribution < -0.4 is 0 Å². The fourth-order valence-corrected chi connectivity index (χ4v) is 2.96. The quantitative estimate of drug-likeness (QED) is 0.532. The number of benzene rings is 2. The van der Waals surface area contributed by atoms with Gasteiger partial charge in [-0.05, 0) is 29.2 Å². The lowest BCUT2D eigenvalue weighted by Crippen LogP contribution is -2.10. The van der Waals surface area contributed by atoms with Gasteiger partial charge < -0.3 is 0 Å². The molecule has 2 aromatic carbocycles. The molecule has 0 bridgehead atoms. The monoisotopic (exact) mass is 328 g/mol. The Labute approximate surface area is 147 Å². The van der Waals surface area contributed by atoms with Crippen LogP contribution in [0.1, 0.15) is 26.3 Å². The van der Waals surface area contributed by atoms with Gasteiger partial charge in [0.2, 0.25) is 0 Å². The van der Waals surface area contributed by atoms with Crippen LogP contribution in [-0.4, -0.2) is 19.5 Å². The molecule has 0 atom stereocenters. The summed E-state index contributed by atoms with van der Waals surface area (Å²) in [7, 11) is 0. The number of hydrogen-bond donors (Lipinski definition) is 0. The molecule has 0 aliphatic rings. The van der Waals surface area contributed by atoms with Crippen LogP contribution in [-0.2, 0) is 5.41 Å². The molecule has 4 aromatic rings. The number of nitrogens with zero attached hydrogens (tertiary/aromatic N) is 4. The first-order valence-electron chi connectivity index (χ1n) is 8.38. The van der Waals surface area contributed by atoms with Crippen LogP contribution in [0.5, 0.6) is 0 Å². The van der Waals surface area contributed by atoms with Gasteiger partial charge in [-0.2, -0.15) is 0 Å². The van der Waals surface area contributed by atoms with Gasteiger partial charge in [0.05, 0.1) is 0 Å². The Kier molecular flexibility index (Phi) is 3.61. The Hall–Kier alpha value is -3.01. The molecular weight excluding hydrogens is 308 g/mol. The molecule has 25 heavy (non-hydrogen) atoms. The molecule has 0 amide bonds. The van der Waals surface area contributed by atoms with Gasteiger partial charge in [-0.25, -0.2) is 15.0 Å². The SMILES string of the molecule is CC(C)(C)c1cccc(-c2ncnc3c2ncn3-c2ccccc2)c1. The van der Waals surface area contributed by atoms with Gasteiger partial charge in [-0.15, -0.1) is 0 Å². The van der Waals surface area contributed by atoms with E-state index in [-0.39, 0.29) is 5.41 Å². The van der Waals surface area contributed by atoms with Crippen LogP contribution in [0.2, 0.25) is 0 Å². The molecule has 0 radical (unpaired) electrons. The van der Waals surface area contributed by atoms with Crippen molar-refractivity contribution in [3.05, 3.63) is 72.8 Å². The summed E-state index contributed by atoms with van der Waals surface area (Å²) in [5.74, 6) is 0. The molecule has 0 aliphatic heterocycles. The van der Waals surface area contributed by atoms with Crippen molar-refractivity contribution in [2.75, 3.05) is 0 Å². The van der Waals surface area contributed by atoms with Crippen LogP contribution in [0, 0.1) is 0 Å². The molecule has 0 fully saturated rings. The summed E-state index contributed by atoms with van der Waals surface area (Å²) in [6.45, 7) is 6.64. The van der Waals surface area contributed by atoms with E-state index in [0.29, 0.717) is 0 Å². The summed E-state index contributed by atoms with van der Waals surface area (Å²) < 4.78 is 1.99. The highest BCUT2D eigenvalue weighted by molar-refractivity contribution is 5.88. The van der Waals surface area contributed by atoms with Crippen molar-refractivity contribution >= 4 is 11.2 Å². The minimum Gasteiger partial charge on any atom is -0.283 e. The van der Waals surface area contributed by atoms with E-state index in [4.69, 9.17) is 0 Å². The molecule has 0 spiro atoms. The molecule has 0 saturated carbocycles. The lowest BCUT2D eigenvalue weighted by atomic mass is 9.86.